The molecule has 1 nitrogen and oxygen atoms in total. The number of allylic oxidation sites excluding steroid dienone is 1. The highest BCUT2D eigenvalue weighted by atomic mass is 35.5. The van der Waals surface area contributed by atoms with E-state index in [9.17, 15) is 5.11 Å². The van der Waals surface area contributed by atoms with Crippen molar-refractivity contribution in [2.75, 3.05) is 0 Å². The van der Waals surface area contributed by atoms with E-state index in [0.717, 1.165) is 40.1 Å². The maximum Gasteiger partial charge on any atom is 0.122 e. The number of benzene rings is 1. The molecular formula is C12H13ClO. The van der Waals surface area contributed by atoms with Crippen LogP contribution in [0.1, 0.15) is 30.0 Å². The van der Waals surface area contributed by atoms with Gasteiger partial charge in [-0.15, -0.1) is 0 Å². The van der Waals surface area contributed by atoms with Crippen molar-refractivity contribution in [2.45, 2.75) is 26.7 Å². The maximum atomic E-state index is 9.96. The molecular weight excluding hydrogens is 196 g/mol. The summed E-state index contributed by atoms with van der Waals surface area (Å²) < 4.78 is 0. The first kappa shape index (κ1) is 9.60. The number of fused-ring (bicyclic) bond motifs is 1. The van der Waals surface area contributed by atoms with Gasteiger partial charge in [-0.05, 0) is 49.5 Å². The van der Waals surface area contributed by atoms with Gasteiger partial charge in [0.1, 0.15) is 5.76 Å². The van der Waals surface area contributed by atoms with Crippen molar-refractivity contribution in [1.29, 1.82) is 0 Å². The highest BCUT2D eigenvalue weighted by molar-refractivity contribution is 6.31. The number of hydrogen-bond acceptors (Lipinski definition) is 1. The van der Waals surface area contributed by atoms with Gasteiger partial charge >= 0.3 is 0 Å². The fraction of sp³-hybridized carbons (Fsp3) is 0.333. The molecule has 0 saturated heterocycles. The van der Waals surface area contributed by atoms with Gasteiger partial charge in [0.15, 0.2) is 0 Å². The molecule has 0 radical (unpaired) electrons. The Labute approximate surface area is 89.0 Å². The van der Waals surface area contributed by atoms with Crippen LogP contribution >= 0.6 is 11.6 Å². The van der Waals surface area contributed by atoms with Crippen LogP contribution in [0.5, 0.6) is 0 Å². The second kappa shape index (κ2) is 3.32. The Morgan fingerprint density at radius 2 is 1.93 bits per heavy atom. The van der Waals surface area contributed by atoms with E-state index in [4.69, 9.17) is 11.6 Å². The van der Waals surface area contributed by atoms with Crippen LogP contribution < -0.4 is 0 Å². The second-order valence-corrected chi connectivity index (χ2v) is 4.25. The van der Waals surface area contributed by atoms with Gasteiger partial charge < -0.3 is 5.11 Å². The van der Waals surface area contributed by atoms with E-state index in [1.165, 1.54) is 0 Å². The summed E-state index contributed by atoms with van der Waals surface area (Å²) in [6.07, 6.45) is 1.84. The molecule has 1 aliphatic carbocycles. The van der Waals surface area contributed by atoms with Gasteiger partial charge in [-0.3, -0.25) is 0 Å². The third-order valence-electron chi connectivity index (χ3n) is 2.86. The Morgan fingerprint density at radius 3 is 2.64 bits per heavy atom. The molecule has 0 atom stereocenters. The Balaban J connectivity index is 2.73. The molecule has 2 heteroatoms. The fourth-order valence-corrected chi connectivity index (χ4v) is 2.21. The molecule has 0 bridgehead atoms. The fourth-order valence-electron chi connectivity index (χ4n) is 1.96. The number of aliphatic hydroxyl groups excluding tert-OH is 1. The van der Waals surface area contributed by atoms with E-state index in [1.807, 2.05) is 26.0 Å². The van der Waals surface area contributed by atoms with Crippen LogP contribution in [0.2, 0.25) is 5.02 Å². The third kappa shape index (κ3) is 1.32. The summed E-state index contributed by atoms with van der Waals surface area (Å²) in [5.41, 5.74) is 4.19. The van der Waals surface area contributed by atoms with Crippen molar-refractivity contribution in [1.82, 2.24) is 0 Å². The molecule has 0 aliphatic heterocycles. The van der Waals surface area contributed by atoms with E-state index >= 15 is 0 Å². The molecule has 1 aliphatic rings. The Hall–Kier alpha value is -0.950. The molecule has 1 aromatic rings. The standard InChI is InChI=1S/C12H13ClO/c1-7-4-6-10(13)9-5-3-8(2)12(14)11(7)9/h4,6,14H,3,5H2,1-2H3. The predicted octanol–water partition coefficient (Wildman–Crippen LogP) is 3.88. The average molecular weight is 209 g/mol. The van der Waals surface area contributed by atoms with E-state index < -0.39 is 0 Å². The lowest BCUT2D eigenvalue weighted by Crippen LogP contribution is -2.06. The van der Waals surface area contributed by atoms with Crippen LogP contribution in [0.25, 0.3) is 5.76 Å². The number of hydrogen-bond donors (Lipinski definition) is 1. The monoisotopic (exact) mass is 208 g/mol. The molecule has 0 fully saturated rings. The minimum atomic E-state index is 0.422. The minimum Gasteiger partial charge on any atom is -0.507 e. The number of halogens is 1. The molecule has 0 unspecified atom stereocenters. The molecule has 1 N–H and O–H groups in total. The molecule has 1 aromatic carbocycles. The number of aliphatic hydroxyl groups is 1. The summed E-state index contributed by atoms with van der Waals surface area (Å²) in [5, 5.41) is 10.7. The molecule has 0 amide bonds. The molecule has 0 spiro atoms. The van der Waals surface area contributed by atoms with Crippen LogP contribution in [0.3, 0.4) is 0 Å². The summed E-state index contributed by atoms with van der Waals surface area (Å²) >= 11 is 6.09. The van der Waals surface area contributed by atoms with Gasteiger partial charge in [-0.1, -0.05) is 17.7 Å². The lowest BCUT2D eigenvalue weighted by molar-refractivity contribution is 0.498. The largest absolute Gasteiger partial charge is 0.507 e. The molecule has 0 heterocycles. The van der Waals surface area contributed by atoms with Crippen LogP contribution in [0.15, 0.2) is 17.7 Å². The summed E-state index contributed by atoms with van der Waals surface area (Å²) in [7, 11) is 0. The lowest BCUT2D eigenvalue weighted by Gasteiger charge is -2.20. The number of rotatable bonds is 0. The zero-order valence-electron chi connectivity index (χ0n) is 8.39. The summed E-state index contributed by atoms with van der Waals surface area (Å²) in [6.45, 7) is 3.97. The Morgan fingerprint density at radius 1 is 1.21 bits per heavy atom. The Kier molecular flexibility index (Phi) is 2.28. The Bertz CT molecular complexity index is 419. The van der Waals surface area contributed by atoms with Crippen molar-refractivity contribution in [3.8, 4) is 0 Å². The second-order valence-electron chi connectivity index (χ2n) is 3.85. The first-order chi connectivity index (χ1) is 6.61. The molecule has 74 valence electrons. The first-order valence-electron chi connectivity index (χ1n) is 4.78. The van der Waals surface area contributed by atoms with Crippen molar-refractivity contribution in [3.05, 3.63) is 39.4 Å². The van der Waals surface area contributed by atoms with Crippen LogP contribution in [-0.4, -0.2) is 5.11 Å². The molecule has 0 saturated carbocycles. The van der Waals surface area contributed by atoms with Crippen molar-refractivity contribution in [3.63, 3.8) is 0 Å². The minimum absolute atomic E-state index is 0.422. The van der Waals surface area contributed by atoms with Gasteiger partial charge in [-0.25, -0.2) is 0 Å². The summed E-state index contributed by atoms with van der Waals surface area (Å²) in [4.78, 5) is 0. The van der Waals surface area contributed by atoms with Crippen LogP contribution in [-0.2, 0) is 6.42 Å². The van der Waals surface area contributed by atoms with Crippen molar-refractivity contribution in [2.24, 2.45) is 0 Å². The highest BCUT2D eigenvalue weighted by Gasteiger charge is 2.19. The number of aryl methyl sites for hydroxylation is 1. The summed E-state index contributed by atoms with van der Waals surface area (Å²) in [6, 6.07) is 3.86. The highest BCUT2D eigenvalue weighted by Crippen LogP contribution is 2.35. The third-order valence-corrected chi connectivity index (χ3v) is 3.21. The maximum absolute atomic E-state index is 9.96. The quantitative estimate of drug-likeness (QED) is 0.686. The molecule has 0 aromatic heterocycles. The summed E-state index contributed by atoms with van der Waals surface area (Å²) in [5.74, 6) is 0.422. The first-order valence-corrected chi connectivity index (χ1v) is 5.16. The van der Waals surface area contributed by atoms with E-state index in [2.05, 4.69) is 0 Å². The smallest absolute Gasteiger partial charge is 0.122 e. The van der Waals surface area contributed by atoms with Gasteiger partial charge in [-0.2, -0.15) is 0 Å². The topological polar surface area (TPSA) is 20.2 Å². The van der Waals surface area contributed by atoms with Crippen molar-refractivity contribution < 1.29 is 5.11 Å². The van der Waals surface area contributed by atoms with Gasteiger partial charge in [0.2, 0.25) is 0 Å². The molecule has 2 rings (SSSR count). The van der Waals surface area contributed by atoms with E-state index in [1.54, 1.807) is 0 Å². The van der Waals surface area contributed by atoms with Crippen molar-refractivity contribution >= 4 is 17.4 Å². The molecule has 14 heavy (non-hydrogen) atoms. The zero-order valence-corrected chi connectivity index (χ0v) is 9.15. The van der Waals surface area contributed by atoms with Gasteiger partial charge in [0.05, 0.1) is 0 Å². The SMILES string of the molecule is CC1=C(O)c2c(C)ccc(Cl)c2CC1. The lowest BCUT2D eigenvalue weighted by atomic mass is 9.88. The zero-order chi connectivity index (χ0) is 10.3. The van der Waals surface area contributed by atoms with Crippen LogP contribution in [0, 0.1) is 6.92 Å². The van der Waals surface area contributed by atoms with Gasteiger partial charge in [0, 0.05) is 10.6 Å². The average Bonchev–Trinajstić information content (AvgIpc) is 2.16. The van der Waals surface area contributed by atoms with Gasteiger partial charge in [0.25, 0.3) is 0 Å². The van der Waals surface area contributed by atoms with Crippen LogP contribution in [0.4, 0.5) is 0 Å². The predicted molar refractivity (Wildman–Crippen MR) is 59.7 cm³/mol. The normalized spacial score (nSPS) is 15.6. The van der Waals surface area contributed by atoms with E-state index in [-0.39, 0.29) is 0 Å². The van der Waals surface area contributed by atoms with E-state index in [0.29, 0.717) is 5.76 Å².